The lowest BCUT2D eigenvalue weighted by Gasteiger charge is -2.13. The van der Waals surface area contributed by atoms with E-state index in [-0.39, 0.29) is 6.04 Å². The summed E-state index contributed by atoms with van der Waals surface area (Å²) in [5.74, 6) is 2.41. The molecule has 2 rings (SSSR count). The third-order valence-corrected chi connectivity index (χ3v) is 2.68. The molecular formula is C13H19N5O. The first-order valence-electron chi connectivity index (χ1n) is 6.33. The number of aromatic nitrogens is 2. The van der Waals surface area contributed by atoms with E-state index in [0.717, 1.165) is 23.8 Å². The van der Waals surface area contributed by atoms with E-state index >= 15 is 0 Å². The molecule has 0 fully saturated rings. The van der Waals surface area contributed by atoms with Crippen molar-refractivity contribution in [1.82, 2.24) is 9.97 Å². The molecule has 0 radical (unpaired) electrons. The highest BCUT2D eigenvalue weighted by atomic mass is 16.3. The molecule has 0 aliphatic heterocycles. The molecule has 0 saturated carbocycles. The van der Waals surface area contributed by atoms with Gasteiger partial charge in [-0.3, -0.25) is 0 Å². The normalized spacial score (nSPS) is 12.1. The zero-order valence-electron chi connectivity index (χ0n) is 11.0. The van der Waals surface area contributed by atoms with Crippen LogP contribution in [0.3, 0.4) is 0 Å². The summed E-state index contributed by atoms with van der Waals surface area (Å²) in [6.45, 7) is 3.33. The Morgan fingerprint density at radius 3 is 2.95 bits per heavy atom. The Kier molecular flexibility index (Phi) is 4.74. The number of nitrogens with zero attached hydrogens (tertiary/aromatic N) is 2. The van der Waals surface area contributed by atoms with Crippen molar-refractivity contribution in [2.45, 2.75) is 25.9 Å². The van der Waals surface area contributed by atoms with Crippen molar-refractivity contribution in [1.29, 1.82) is 0 Å². The fraction of sp³-hybridized carbons (Fsp3) is 0.385. The van der Waals surface area contributed by atoms with Gasteiger partial charge in [0.1, 0.15) is 23.7 Å². The van der Waals surface area contributed by atoms with Crippen LogP contribution in [0, 0.1) is 0 Å². The summed E-state index contributed by atoms with van der Waals surface area (Å²) < 4.78 is 5.25. The molecule has 0 bridgehead atoms. The maximum Gasteiger partial charge on any atom is 0.131 e. The molecule has 0 aliphatic rings. The first-order chi connectivity index (χ1) is 9.28. The van der Waals surface area contributed by atoms with Gasteiger partial charge in [-0.2, -0.15) is 0 Å². The van der Waals surface area contributed by atoms with Crippen LogP contribution < -0.4 is 16.4 Å². The van der Waals surface area contributed by atoms with E-state index in [1.54, 1.807) is 6.26 Å². The smallest absolute Gasteiger partial charge is 0.131 e. The van der Waals surface area contributed by atoms with Gasteiger partial charge in [-0.25, -0.2) is 9.97 Å². The fourth-order valence-corrected chi connectivity index (χ4v) is 1.70. The minimum atomic E-state index is 0.290. The predicted octanol–water partition coefficient (Wildman–Crippen LogP) is 1.83. The third kappa shape index (κ3) is 4.26. The van der Waals surface area contributed by atoms with Gasteiger partial charge >= 0.3 is 0 Å². The molecule has 0 amide bonds. The number of rotatable bonds is 7. The number of hydrogen-bond acceptors (Lipinski definition) is 6. The average molecular weight is 261 g/mol. The highest BCUT2D eigenvalue weighted by Gasteiger charge is 2.03. The van der Waals surface area contributed by atoms with Crippen molar-refractivity contribution in [3.05, 3.63) is 36.5 Å². The number of hydrogen-bond donors (Lipinski definition) is 3. The molecule has 0 aromatic carbocycles. The highest BCUT2D eigenvalue weighted by Crippen LogP contribution is 2.12. The van der Waals surface area contributed by atoms with Crippen molar-refractivity contribution in [3.8, 4) is 0 Å². The minimum Gasteiger partial charge on any atom is -0.467 e. The Morgan fingerprint density at radius 2 is 2.21 bits per heavy atom. The van der Waals surface area contributed by atoms with Gasteiger partial charge in [-0.15, -0.1) is 0 Å². The maximum atomic E-state index is 5.52. The molecule has 102 valence electrons. The Bertz CT molecular complexity index is 486. The lowest BCUT2D eigenvalue weighted by molar-refractivity contribution is 0.518. The second-order valence-corrected chi connectivity index (χ2v) is 4.34. The van der Waals surface area contributed by atoms with Gasteiger partial charge in [-0.05, 0) is 32.0 Å². The van der Waals surface area contributed by atoms with Crippen LogP contribution in [0.5, 0.6) is 0 Å². The lowest BCUT2D eigenvalue weighted by atomic mass is 10.2. The number of nitrogens with two attached hydrogens (primary N) is 1. The predicted molar refractivity (Wildman–Crippen MR) is 74.8 cm³/mol. The molecule has 2 aromatic rings. The SMILES string of the molecule is CC(CCN)Nc1cc(NCc2ccco2)ncn1. The summed E-state index contributed by atoms with van der Waals surface area (Å²) in [5, 5.41) is 6.46. The van der Waals surface area contributed by atoms with Crippen LogP contribution in [0.25, 0.3) is 0 Å². The van der Waals surface area contributed by atoms with Crippen LogP contribution in [-0.4, -0.2) is 22.6 Å². The van der Waals surface area contributed by atoms with Gasteiger partial charge in [0.2, 0.25) is 0 Å². The molecule has 19 heavy (non-hydrogen) atoms. The molecule has 2 heterocycles. The third-order valence-electron chi connectivity index (χ3n) is 2.68. The first kappa shape index (κ1) is 13.4. The summed E-state index contributed by atoms with van der Waals surface area (Å²) in [5.41, 5.74) is 5.52. The number of nitrogens with one attached hydrogen (secondary N) is 2. The van der Waals surface area contributed by atoms with Crippen molar-refractivity contribution in [2.24, 2.45) is 5.73 Å². The first-order valence-corrected chi connectivity index (χ1v) is 6.33. The van der Waals surface area contributed by atoms with Crippen LogP contribution in [0.1, 0.15) is 19.1 Å². The molecular weight excluding hydrogens is 242 g/mol. The molecule has 6 nitrogen and oxygen atoms in total. The van der Waals surface area contributed by atoms with Crippen LogP contribution in [-0.2, 0) is 6.54 Å². The Balaban J connectivity index is 1.91. The second kappa shape index (κ2) is 6.75. The molecule has 1 atom stereocenters. The standard InChI is InChI=1S/C13H19N5O/c1-10(4-5-14)18-13-7-12(16-9-17-13)15-8-11-3-2-6-19-11/h2-3,6-7,9-10H,4-5,8,14H2,1H3,(H2,15,16,17,18). The summed E-state index contributed by atoms with van der Waals surface area (Å²) in [6.07, 6.45) is 4.08. The molecule has 6 heteroatoms. The number of furan rings is 1. The molecule has 2 aromatic heterocycles. The van der Waals surface area contributed by atoms with E-state index in [0.29, 0.717) is 13.1 Å². The quantitative estimate of drug-likeness (QED) is 0.704. The van der Waals surface area contributed by atoms with Gasteiger partial charge in [0.15, 0.2) is 0 Å². The Labute approximate surface area is 112 Å². The zero-order valence-corrected chi connectivity index (χ0v) is 11.0. The van der Waals surface area contributed by atoms with Gasteiger partial charge in [-0.1, -0.05) is 0 Å². The van der Waals surface area contributed by atoms with Crippen LogP contribution in [0.4, 0.5) is 11.6 Å². The zero-order chi connectivity index (χ0) is 13.5. The van der Waals surface area contributed by atoms with Gasteiger partial charge < -0.3 is 20.8 Å². The van der Waals surface area contributed by atoms with E-state index in [2.05, 4.69) is 27.5 Å². The molecule has 0 saturated heterocycles. The summed E-state index contributed by atoms with van der Waals surface area (Å²) in [4.78, 5) is 8.34. The second-order valence-electron chi connectivity index (χ2n) is 4.34. The van der Waals surface area contributed by atoms with Gasteiger partial charge in [0.05, 0.1) is 12.8 Å². The summed E-state index contributed by atoms with van der Waals surface area (Å²) >= 11 is 0. The largest absolute Gasteiger partial charge is 0.467 e. The van der Waals surface area contributed by atoms with Crippen LogP contribution in [0.2, 0.25) is 0 Å². The average Bonchev–Trinajstić information content (AvgIpc) is 2.90. The van der Waals surface area contributed by atoms with E-state index in [1.165, 1.54) is 6.33 Å². The fourth-order valence-electron chi connectivity index (χ4n) is 1.70. The van der Waals surface area contributed by atoms with Gasteiger partial charge in [0, 0.05) is 12.1 Å². The van der Waals surface area contributed by atoms with E-state index in [9.17, 15) is 0 Å². The topological polar surface area (TPSA) is 89.0 Å². The van der Waals surface area contributed by atoms with E-state index < -0.39 is 0 Å². The van der Waals surface area contributed by atoms with Crippen molar-refractivity contribution < 1.29 is 4.42 Å². The molecule has 1 unspecified atom stereocenters. The van der Waals surface area contributed by atoms with Crippen LogP contribution in [0.15, 0.2) is 35.2 Å². The van der Waals surface area contributed by atoms with E-state index in [4.69, 9.17) is 10.2 Å². The molecule has 0 aliphatic carbocycles. The van der Waals surface area contributed by atoms with Crippen LogP contribution >= 0.6 is 0 Å². The molecule has 0 spiro atoms. The maximum absolute atomic E-state index is 5.52. The minimum absolute atomic E-state index is 0.290. The lowest BCUT2D eigenvalue weighted by Crippen LogP contribution is -2.20. The van der Waals surface area contributed by atoms with Crippen molar-refractivity contribution in [2.75, 3.05) is 17.2 Å². The Morgan fingerprint density at radius 1 is 1.37 bits per heavy atom. The monoisotopic (exact) mass is 261 g/mol. The summed E-state index contributed by atoms with van der Waals surface area (Å²) in [6, 6.07) is 5.93. The van der Waals surface area contributed by atoms with Crippen molar-refractivity contribution in [3.63, 3.8) is 0 Å². The highest BCUT2D eigenvalue weighted by molar-refractivity contribution is 5.46. The summed E-state index contributed by atoms with van der Waals surface area (Å²) in [7, 11) is 0. The van der Waals surface area contributed by atoms with Gasteiger partial charge in [0.25, 0.3) is 0 Å². The molecule has 4 N–H and O–H groups in total. The van der Waals surface area contributed by atoms with E-state index in [1.807, 2.05) is 18.2 Å². The van der Waals surface area contributed by atoms with Crippen molar-refractivity contribution >= 4 is 11.6 Å². The number of anilines is 2. The Hall–Kier alpha value is -2.08.